The Kier molecular flexibility index (Phi) is 10.3. The first kappa shape index (κ1) is 24.0. The van der Waals surface area contributed by atoms with Crippen molar-refractivity contribution < 1.29 is 18.9 Å². The van der Waals surface area contributed by atoms with E-state index in [1.54, 1.807) is 14.2 Å². The average Bonchev–Trinajstić information content (AvgIpc) is 3.28. The van der Waals surface area contributed by atoms with E-state index in [9.17, 15) is 0 Å². The first-order valence-corrected chi connectivity index (χ1v) is 10.2. The van der Waals surface area contributed by atoms with Crippen molar-refractivity contribution in [3.63, 3.8) is 0 Å². The number of nitrogens with zero attached hydrogens (tertiary/aromatic N) is 2. The summed E-state index contributed by atoms with van der Waals surface area (Å²) in [6.45, 7) is 6.89. The Morgan fingerprint density at radius 3 is 2.66 bits per heavy atom. The van der Waals surface area contributed by atoms with Gasteiger partial charge in [0.1, 0.15) is 6.10 Å². The Balaban J connectivity index is 0.00000300. The lowest BCUT2D eigenvalue weighted by Crippen LogP contribution is -2.53. The molecule has 29 heavy (non-hydrogen) atoms. The third kappa shape index (κ3) is 6.62. The number of ether oxygens (including phenoxy) is 4. The fourth-order valence-corrected chi connectivity index (χ4v) is 3.74. The molecule has 8 heteroatoms. The zero-order chi connectivity index (χ0) is 19.8. The monoisotopic (exact) mass is 519 g/mol. The summed E-state index contributed by atoms with van der Waals surface area (Å²) >= 11 is 0. The number of rotatable bonds is 7. The normalized spacial score (nSPS) is 22.2. The van der Waals surface area contributed by atoms with Crippen LogP contribution in [-0.2, 0) is 15.9 Å². The first-order valence-electron chi connectivity index (χ1n) is 10.2. The number of hydrogen-bond donors (Lipinski definition) is 1. The number of morpholine rings is 1. The highest BCUT2D eigenvalue weighted by molar-refractivity contribution is 14.0. The molecule has 2 saturated heterocycles. The Labute approximate surface area is 191 Å². The molecule has 0 radical (unpaired) electrons. The van der Waals surface area contributed by atoms with Gasteiger partial charge in [0.15, 0.2) is 17.5 Å². The summed E-state index contributed by atoms with van der Waals surface area (Å²) < 4.78 is 22.5. The molecule has 1 N–H and O–H groups in total. The molecule has 0 aliphatic carbocycles. The second-order valence-corrected chi connectivity index (χ2v) is 7.08. The van der Waals surface area contributed by atoms with Crippen LogP contribution in [0.15, 0.2) is 23.2 Å². The molecule has 1 aromatic rings. The fourth-order valence-electron chi connectivity index (χ4n) is 3.74. The van der Waals surface area contributed by atoms with E-state index in [0.717, 1.165) is 63.0 Å². The molecule has 0 amide bonds. The summed E-state index contributed by atoms with van der Waals surface area (Å²) in [4.78, 5) is 7.15. The van der Waals surface area contributed by atoms with Gasteiger partial charge in [0.2, 0.25) is 0 Å². The largest absolute Gasteiger partial charge is 0.493 e. The fraction of sp³-hybridized carbons (Fsp3) is 0.667. The van der Waals surface area contributed by atoms with Gasteiger partial charge in [0.25, 0.3) is 0 Å². The minimum atomic E-state index is 0. The number of aliphatic imine (C=N–C) groups is 1. The van der Waals surface area contributed by atoms with Gasteiger partial charge in [-0.1, -0.05) is 6.07 Å². The zero-order valence-corrected chi connectivity index (χ0v) is 20.0. The Bertz CT molecular complexity index is 653. The molecule has 2 fully saturated rings. The van der Waals surface area contributed by atoms with Crippen LogP contribution in [0.25, 0.3) is 0 Å². The molecule has 2 aliphatic heterocycles. The molecule has 2 aliphatic rings. The Hall–Kier alpha value is -1.26. The average molecular weight is 519 g/mol. The Morgan fingerprint density at radius 2 is 1.97 bits per heavy atom. The van der Waals surface area contributed by atoms with Crippen molar-refractivity contribution in [2.45, 2.75) is 38.4 Å². The quantitative estimate of drug-likeness (QED) is 0.340. The van der Waals surface area contributed by atoms with Gasteiger partial charge in [0, 0.05) is 32.8 Å². The van der Waals surface area contributed by atoms with Crippen molar-refractivity contribution in [2.75, 3.05) is 53.6 Å². The molecule has 0 saturated carbocycles. The van der Waals surface area contributed by atoms with Gasteiger partial charge < -0.3 is 29.2 Å². The van der Waals surface area contributed by atoms with Crippen molar-refractivity contribution in [3.05, 3.63) is 23.8 Å². The summed E-state index contributed by atoms with van der Waals surface area (Å²) in [5.41, 5.74) is 1.18. The SMILES string of the molecule is CCNC(=NCCc1ccc(OC)c(OC)c1)N1CCOC(C2CCCO2)C1.I. The Morgan fingerprint density at radius 1 is 1.17 bits per heavy atom. The van der Waals surface area contributed by atoms with Crippen molar-refractivity contribution in [2.24, 2.45) is 4.99 Å². The second-order valence-electron chi connectivity index (χ2n) is 7.08. The van der Waals surface area contributed by atoms with Gasteiger partial charge in [-0.05, 0) is 43.9 Å². The van der Waals surface area contributed by atoms with Gasteiger partial charge in [-0.15, -0.1) is 24.0 Å². The topological polar surface area (TPSA) is 64.6 Å². The molecule has 2 atom stereocenters. The molecule has 2 heterocycles. The first-order chi connectivity index (χ1) is 13.7. The van der Waals surface area contributed by atoms with Crippen LogP contribution in [0.1, 0.15) is 25.3 Å². The van der Waals surface area contributed by atoms with Gasteiger partial charge in [-0.3, -0.25) is 4.99 Å². The van der Waals surface area contributed by atoms with E-state index in [2.05, 4.69) is 23.2 Å². The van der Waals surface area contributed by atoms with E-state index in [1.165, 1.54) is 5.56 Å². The lowest BCUT2D eigenvalue weighted by Gasteiger charge is -2.37. The van der Waals surface area contributed by atoms with E-state index in [0.29, 0.717) is 13.2 Å². The van der Waals surface area contributed by atoms with Crippen molar-refractivity contribution >= 4 is 29.9 Å². The van der Waals surface area contributed by atoms with Crippen molar-refractivity contribution in [1.82, 2.24) is 10.2 Å². The summed E-state index contributed by atoms with van der Waals surface area (Å²) in [5.74, 6) is 2.45. The highest BCUT2D eigenvalue weighted by Gasteiger charge is 2.32. The zero-order valence-electron chi connectivity index (χ0n) is 17.7. The maximum atomic E-state index is 5.97. The number of hydrogen-bond acceptors (Lipinski definition) is 5. The lowest BCUT2D eigenvalue weighted by atomic mass is 10.1. The predicted octanol–water partition coefficient (Wildman–Crippen LogP) is 2.71. The standard InChI is InChI=1S/C21H33N3O4.HI/c1-4-22-21(24-11-13-28-20(15-24)18-6-5-12-27-18)23-10-9-16-7-8-17(25-2)19(14-16)26-3;/h7-8,14,18,20H,4-6,9-13,15H2,1-3H3,(H,22,23);1H. The molecule has 0 spiro atoms. The molecular formula is C21H34IN3O4. The number of halogens is 1. The maximum Gasteiger partial charge on any atom is 0.194 e. The van der Waals surface area contributed by atoms with Crippen LogP contribution < -0.4 is 14.8 Å². The second kappa shape index (κ2) is 12.4. The molecule has 1 aromatic carbocycles. The summed E-state index contributed by atoms with van der Waals surface area (Å²) in [6, 6.07) is 6.02. The van der Waals surface area contributed by atoms with Gasteiger partial charge in [-0.25, -0.2) is 0 Å². The van der Waals surface area contributed by atoms with Crippen LogP contribution in [0.4, 0.5) is 0 Å². The molecule has 0 aromatic heterocycles. The molecule has 0 bridgehead atoms. The molecule has 164 valence electrons. The van der Waals surface area contributed by atoms with Gasteiger partial charge in [0.05, 0.1) is 26.9 Å². The number of methoxy groups -OCH3 is 2. The van der Waals surface area contributed by atoms with Crippen LogP contribution >= 0.6 is 24.0 Å². The third-order valence-corrected chi connectivity index (χ3v) is 5.22. The molecule has 2 unspecified atom stereocenters. The molecule has 3 rings (SSSR count). The van der Waals surface area contributed by atoms with Crippen molar-refractivity contribution in [1.29, 1.82) is 0 Å². The highest BCUT2D eigenvalue weighted by Crippen LogP contribution is 2.27. The summed E-state index contributed by atoms with van der Waals surface area (Å²) in [5, 5.41) is 3.43. The van der Waals surface area contributed by atoms with E-state index in [-0.39, 0.29) is 36.2 Å². The number of nitrogens with one attached hydrogen (secondary N) is 1. The van der Waals surface area contributed by atoms with Crippen LogP contribution in [-0.4, -0.2) is 76.7 Å². The van der Waals surface area contributed by atoms with E-state index in [4.69, 9.17) is 23.9 Å². The van der Waals surface area contributed by atoms with E-state index >= 15 is 0 Å². The third-order valence-electron chi connectivity index (χ3n) is 5.22. The minimum Gasteiger partial charge on any atom is -0.493 e. The number of guanidine groups is 1. The highest BCUT2D eigenvalue weighted by atomic mass is 127. The maximum absolute atomic E-state index is 5.97. The van der Waals surface area contributed by atoms with Crippen LogP contribution in [0.5, 0.6) is 11.5 Å². The van der Waals surface area contributed by atoms with E-state index < -0.39 is 0 Å². The summed E-state index contributed by atoms with van der Waals surface area (Å²) in [6.07, 6.45) is 3.41. The smallest absolute Gasteiger partial charge is 0.194 e. The molecular weight excluding hydrogens is 485 g/mol. The minimum absolute atomic E-state index is 0. The van der Waals surface area contributed by atoms with Crippen LogP contribution in [0, 0.1) is 0 Å². The van der Waals surface area contributed by atoms with Gasteiger partial charge >= 0.3 is 0 Å². The van der Waals surface area contributed by atoms with Crippen LogP contribution in [0.3, 0.4) is 0 Å². The van der Waals surface area contributed by atoms with Crippen LogP contribution in [0.2, 0.25) is 0 Å². The lowest BCUT2D eigenvalue weighted by molar-refractivity contribution is -0.0817. The number of benzene rings is 1. The predicted molar refractivity (Wildman–Crippen MR) is 125 cm³/mol. The van der Waals surface area contributed by atoms with Gasteiger partial charge in [-0.2, -0.15) is 0 Å². The molecule has 7 nitrogen and oxygen atoms in total. The van der Waals surface area contributed by atoms with Crippen molar-refractivity contribution in [3.8, 4) is 11.5 Å². The van der Waals surface area contributed by atoms with E-state index in [1.807, 2.05) is 12.1 Å². The summed E-state index contributed by atoms with van der Waals surface area (Å²) in [7, 11) is 3.31.